The number of urea groups is 1. The van der Waals surface area contributed by atoms with Gasteiger partial charge in [0.2, 0.25) is 5.78 Å². The van der Waals surface area contributed by atoms with Crippen LogP contribution in [0, 0.1) is 6.92 Å². The number of aromatic nitrogens is 3. The Hall–Kier alpha value is -3.67. The summed E-state index contributed by atoms with van der Waals surface area (Å²) in [5.74, 6) is 0.654. The molecule has 0 aliphatic carbocycles. The third-order valence-electron chi connectivity index (χ3n) is 4.66. The van der Waals surface area contributed by atoms with Crippen molar-refractivity contribution in [3.8, 4) is 11.3 Å². The molecule has 0 bridgehead atoms. The van der Waals surface area contributed by atoms with E-state index in [9.17, 15) is 4.79 Å². The van der Waals surface area contributed by atoms with Crippen LogP contribution in [-0.2, 0) is 6.42 Å². The number of hydrogen-bond donors (Lipinski definition) is 2. The second kappa shape index (κ2) is 7.52. The van der Waals surface area contributed by atoms with E-state index in [0.29, 0.717) is 11.5 Å². The molecule has 140 valence electrons. The molecule has 0 fully saturated rings. The summed E-state index contributed by atoms with van der Waals surface area (Å²) in [7, 11) is 0. The van der Waals surface area contributed by atoms with Gasteiger partial charge in [0.05, 0.1) is 5.69 Å². The number of rotatable bonds is 4. The molecular formula is C22H21N5O. The van der Waals surface area contributed by atoms with E-state index in [0.717, 1.165) is 29.1 Å². The summed E-state index contributed by atoms with van der Waals surface area (Å²) in [6.45, 7) is 4.10. The van der Waals surface area contributed by atoms with Crippen LogP contribution in [0.2, 0.25) is 0 Å². The third-order valence-corrected chi connectivity index (χ3v) is 4.66. The van der Waals surface area contributed by atoms with Crippen molar-refractivity contribution in [2.24, 2.45) is 0 Å². The zero-order chi connectivity index (χ0) is 19.5. The zero-order valence-electron chi connectivity index (χ0n) is 15.8. The normalized spacial score (nSPS) is 10.8. The second-order valence-corrected chi connectivity index (χ2v) is 6.55. The minimum absolute atomic E-state index is 0.283. The number of amides is 2. The molecule has 0 saturated carbocycles. The van der Waals surface area contributed by atoms with E-state index in [1.807, 2.05) is 72.1 Å². The van der Waals surface area contributed by atoms with E-state index in [1.54, 1.807) is 6.20 Å². The first-order valence-electron chi connectivity index (χ1n) is 9.21. The number of carbonyl (C=O) groups excluding carboxylic acids is 1. The highest BCUT2D eigenvalue weighted by molar-refractivity contribution is 6.00. The number of carbonyl (C=O) groups is 1. The van der Waals surface area contributed by atoms with Gasteiger partial charge in [-0.15, -0.1) is 0 Å². The molecule has 6 nitrogen and oxygen atoms in total. The van der Waals surface area contributed by atoms with Gasteiger partial charge in [0.15, 0.2) is 0 Å². The summed E-state index contributed by atoms with van der Waals surface area (Å²) in [5, 5.41) is 5.74. The van der Waals surface area contributed by atoms with E-state index in [2.05, 4.69) is 27.5 Å². The molecule has 2 heterocycles. The van der Waals surface area contributed by atoms with Crippen LogP contribution >= 0.6 is 0 Å². The van der Waals surface area contributed by atoms with Crippen LogP contribution in [0.4, 0.5) is 16.2 Å². The van der Waals surface area contributed by atoms with Gasteiger partial charge in [-0.3, -0.25) is 4.40 Å². The number of benzene rings is 2. The minimum atomic E-state index is -0.283. The number of imidazole rings is 1. The van der Waals surface area contributed by atoms with Crippen LogP contribution in [0.3, 0.4) is 0 Å². The first-order valence-corrected chi connectivity index (χ1v) is 9.21. The molecular weight excluding hydrogens is 350 g/mol. The van der Waals surface area contributed by atoms with E-state index < -0.39 is 0 Å². The first kappa shape index (κ1) is 17.7. The van der Waals surface area contributed by atoms with Gasteiger partial charge in [-0.05, 0) is 49.2 Å². The molecule has 2 aromatic carbocycles. The lowest BCUT2D eigenvalue weighted by Crippen LogP contribution is -2.19. The number of anilines is 2. The molecule has 0 aliphatic heterocycles. The van der Waals surface area contributed by atoms with Crippen molar-refractivity contribution < 1.29 is 4.79 Å². The van der Waals surface area contributed by atoms with Crippen LogP contribution in [0.15, 0.2) is 67.0 Å². The fraction of sp³-hybridized carbons (Fsp3) is 0.136. The zero-order valence-corrected chi connectivity index (χ0v) is 15.8. The summed E-state index contributed by atoms with van der Waals surface area (Å²) in [6.07, 6.45) is 4.63. The van der Waals surface area contributed by atoms with Crippen molar-refractivity contribution in [1.29, 1.82) is 0 Å². The number of fused-ring (bicyclic) bond motifs is 1. The second-order valence-electron chi connectivity index (χ2n) is 6.55. The molecule has 0 aliphatic rings. The number of aryl methyl sites for hydroxylation is 2. The lowest BCUT2D eigenvalue weighted by molar-refractivity contribution is 0.262. The first-order chi connectivity index (χ1) is 13.6. The highest BCUT2D eigenvalue weighted by Gasteiger charge is 2.12. The fourth-order valence-corrected chi connectivity index (χ4v) is 3.14. The summed E-state index contributed by atoms with van der Waals surface area (Å²) >= 11 is 0. The van der Waals surface area contributed by atoms with E-state index in [-0.39, 0.29) is 6.03 Å². The summed E-state index contributed by atoms with van der Waals surface area (Å²) in [6, 6.07) is 17.1. The summed E-state index contributed by atoms with van der Waals surface area (Å²) in [4.78, 5) is 21.2. The number of nitrogens with zero attached hydrogens (tertiary/aromatic N) is 3. The van der Waals surface area contributed by atoms with Crippen LogP contribution in [-0.4, -0.2) is 20.4 Å². The van der Waals surface area contributed by atoms with Crippen molar-refractivity contribution in [2.75, 3.05) is 10.6 Å². The van der Waals surface area contributed by atoms with E-state index in [1.165, 1.54) is 5.56 Å². The highest BCUT2D eigenvalue weighted by Crippen LogP contribution is 2.25. The van der Waals surface area contributed by atoms with Crippen molar-refractivity contribution in [1.82, 2.24) is 14.4 Å². The maximum Gasteiger partial charge on any atom is 0.323 e. The monoisotopic (exact) mass is 371 g/mol. The maximum atomic E-state index is 12.3. The number of nitrogens with one attached hydrogen (secondary N) is 2. The molecule has 0 radical (unpaired) electrons. The van der Waals surface area contributed by atoms with Crippen LogP contribution in [0.25, 0.3) is 17.0 Å². The number of hydrogen-bond acceptors (Lipinski definition) is 3. The van der Waals surface area contributed by atoms with Gasteiger partial charge < -0.3 is 10.6 Å². The van der Waals surface area contributed by atoms with Crippen LogP contribution < -0.4 is 10.6 Å². The Morgan fingerprint density at radius 1 is 1.04 bits per heavy atom. The molecule has 4 aromatic rings. The average molecular weight is 371 g/mol. The minimum Gasteiger partial charge on any atom is -0.308 e. The predicted octanol–water partition coefficient (Wildman–Crippen LogP) is 4.91. The van der Waals surface area contributed by atoms with Crippen molar-refractivity contribution >= 4 is 23.2 Å². The van der Waals surface area contributed by atoms with Gasteiger partial charge in [-0.1, -0.05) is 31.2 Å². The van der Waals surface area contributed by atoms with E-state index >= 15 is 0 Å². The summed E-state index contributed by atoms with van der Waals surface area (Å²) in [5.41, 5.74) is 5.46. The lowest BCUT2D eigenvalue weighted by atomic mass is 10.1. The smallest absolute Gasteiger partial charge is 0.308 e. The Labute approximate surface area is 163 Å². The predicted molar refractivity (Wildman–Crippen MR) is 112 cm³/mol. The molecule has 0 unspecified atom stereocenters. The topological polar surface area (TPSA) is 71.3 Å². The molecule has 6 heteroatoms. The van der Waals surface area contributed by atoms with Crippen molar-refractivity contribution in [3.05, 3.63) is 78.2 Å². The van der Waals surface area contributed by atoms with E-state index in [4.69, 9.17) is 0 Å². The molecule has 2 aromatic heterocycles. The Morgan fingerprint density at radius 2 is 1.82 bits per heavy atom. The molecule has 0 atom stereocenters. The highest BCUT2D eigenvalue weighted by atomic mass is 16.2. The molecule has 2 N–H and O–H groups in total. The standard InChI is InChI=1S/C22H21N5O/c1-3-16-8-10-18(11-9-16)24-22(28)25-19-7-4-6-17(14-19)20-15(2)27-13-5-12-23-21(27)26-20/h4-14H,3H2,1-2H3,(H2,24,25,28). The molecule has 0 spiro atoms. The third kappa shape index (κ3) is 3.57. The summed E-state index contributed by atoms with van der Waals surface area (Å²) < 4.78 is 1.95. The van der Waals surface area contributed by atoms with Gasteiger partial charge in [0.1, 0.15) is 0 Å². The van der Waals surface area contributed by atoms with Gasteiger partial charge in [-0.25, -0.2) is 14.8 Å². The van der Waals surface area contributed by atoms with Gasteiger partial charge in [-0.2, -0.15) is 0 Å². The SMILES string of the molecule is CCc1ccc(NC(=O)Nc2cccc(-c3nc4ncccn4c3C)c2)cc1. The Bertz CT molecular complexity index is 1130. The van der Waals surface area contributed by atoms with Gasteiger partial charge in [0.25, 0.3) is 0 Å². The van der Waals surface area contributed by atoms with Crippen LogP contribution in [0.1, 0.15) is 18.2 Å². The average Bonchev–Trinajstić information content (AvgIpc) is 3.06. The Balaban J connectivity index is 1.53. The molecule has 4 rings (SSSR count). The quantitative estimate of drug-likeness (QED) is 0.535. The van der Waals surface area contributed by atoms with Crippen LogP contribution in [0.5, 0.6) is 0 Å². The Kier molecular flexibility index (Phi) is 4.76. The van der Waals surface area contributed by atoms with Gasteiger partial charge in [0, 0.05) is 35.0 Å². The lowest BCUT2D eigenvalue weighted by Gasteiger charge is -2.09. The Morgan fingerprint density at radius 3 is 2.57 bits per heavy atom. The van der Waals surface area contributed by atoms with Gasteiger partial charge >= 0.3 is 6.03 Å². The molecule has 2 amide bonds. The molecule has 28 heavy (non-hydrogen) atoms. The van der Waals surface area contributed by atoms with Crippen molar-refractivity contribution in [2.45, 2.75) is 20.3 Å². The fourth-order valence-electron chi connectivity index (χ4n) is 3.14. The van der Waals surface area contributed by atoms with Crippen molar-refractivity contribution in [3.63, 3.8) is 0 Å². The molecule has 0 saturated heterocycles. The maximum absolute atomic E-state index is 12.3. The largest absolute Gasteiger partial charge is 0.323 e.